The van der Waals surface area contributed by atoms with Crippen LogP contribution < -0.4 is 4.74 Å². The Hall–Kier alpha value is -1.69. The van der Waals surface area contributed by atoms with Gasteiger partial charge in [0.1, 0.15) is 5.75 Å². The fourth-order valence-electron chi connectivity index (χ4n) is 3.10. The van der Waals surface area contributed by atoms with E-state index < -0.39 is 6.61 Å². The van der Waals surface area contributed by atoms with Gasteiger partial charge in [0.25, 0.3) is 0 Å². The molecule has 0 unspecified atom stereocenters. The summed E-state index contributed by atoms with van der Waals surface area (Å²) in [7, 11) is 0. The number of piperidine rings is 1. The maximum atomic E-state index is 12.3. The van der Waals surface area contributed by atoms with Gasteiger partial charge in [-0.25, -0.2) is 0 Å². The third kappa shape index (κ3) is 4.90. The van der Waals surface area contributed by atoms with Gasteiger partial charge in [0.2, 0.25) is 5.91 Å². The highest BCUT2D eigenvalue weighted by Gasteiger charge is 2.33. The quantitative estimate of drug-likeness (QED) is 0.828. The molecule has 1 N–H and O–H groups in total. The topological polar surface area (TPSA) is 49.8 Å². The Bertz CT molecular complexity index is 520. The van der Waals surface area contributed by atoms with Gasteiger partial charge in [0.15, 0.2) is 0 Å². The first kappa shape index (κ1) is 18.6. The molecule has 1 aliphatic rings. The van der Waals surface area contributed by atoms with Crippen molar-refractivity contribution < 1.29 is 23.4 Å². The summed E-state index contributed by atoms with van der Waals surface area (Å²) in [5.74, 6) is 0.224. The van der Waals surface area contributed by atoms with Crippen molar-refractivity contribution in [2.24, 2.45) is 5.41 Å². The first-order valence-electron chi connectivity index (χ1n) is 8.40. The van der Waals surface area contributed by atoms with Crippen molar-refractivity contribution in [2.75, 3.05) is 19.7 Å². The van der Waals surface area contributed by atoms with Gasteiger partial charge >= 0.3 is 6.61 Å². The molecule has 0 spiro atoms. The van der Waals surface area contributed by atoms with Crippen molar-refractivity contribution in [1.29, 1.82) is 0 Å². The predicted octanol–water partition coefficient (Wildman–Crippen LogP) is 3.23. The molecule has 1 heterocycles. The average molecular weight is 341 g/mol. The number of aliphatic hydroxyl groups is 1. The van der Waals surface area contributed by atoms with Crippen LogP contribution in [-0.4, -0.2) is 42.2 Å². The number of rotatable bonds is 7. The van der Waals surface area contributed by atoms with E-state index in [-0.39, 0.29) is 23.7 Å². The smallest absolute Gasteiger partial charge is 0.387 e. The van der Waals surface area contributed by atoms with Crippen LogP contribution in [0.2, 0.25) is 0 Å². The Balaban J connectivity index is 1.79. The van der Waals surface area contributed by atoms with Crippen LogP contribution in [0.5, 0.6) is 5.75 Å². The molecule has 0 saturated carbocycles. The van der Waals surface area contributed by atoms with E-state index in [1.165, 1.54) is 12.1 Å². The zero-order chi connectivity index (χ0) is 17.6. The molecule has 0 radical (unpaired) electrons. The lowest BCUT2D eigenvalue weighted by molar-refractivity contribution is -0.134. The van der Waals surface area contributed by atoms with Crippen molar-refractivity contribution in [3.8, 4) is 5.75 Å². The number of carbonyl (C=O) groups is 1. The van der Waals surface area contributed by atoms with E-state index in [4.69, 9.17) is 0 Å². The largest absolute Gasteiger partial charge is 0.435 e. The van der Waals surface area contributed by atoms with Crippen molar-refractivity contribution in [3.05, 3.63) is 29.8 Å². The lowest BCUT2D eigenvalue weighted by atomic mass is 9.77. The number of hydrogen-bond acceptors (Lipinski definition) is 3. The maximum Gasteiger partial charge on any atom is 0.387 e. The van der Waals surface area contributed by atoms with Crippen LogP contribution in [0.1, 0.15) is 38.2 Å². The van der Waals surface area contributed by atoms with Gasteiger partial charge in [-0.2, -0.15) is 8.78 Å². The molecular formula is C18H25F2NO3. The molecule has 0 aromatic heterocycles. The van der Waals surface area contributed by atoms with Crippen LogP contribution in [-0.2, 0) is 11.2 Å². The first-order chi connectivity index (χ1) is 11.5. The number of likely N-dealkylation sites (tertiary alicyclic amines) is 1. The van der Waals surface area contributed by atoms with E-state index in [2.05, 4.69) is 11.7 Å². The summed E-state index contributed by atoms with van der Waals surface area (Å²) < 4.78 is 28.5. The highest BCUT2D eigenvalue weighted by Crippen LogP contribution is 2.34. The van der Waals surface area contributed by atoms with Gasteiger partial charge in [-0.15, -0.1) is 0 Å². The fourth-order valence-corrected chi connectivity index (χ4v) is 3.10. The maximum absolute atomic E-state index is 12.3. The van der Waals surface area contributed by atoms with Crippen molar-refractivity contribution >= 4 is 5.91 Å². The number of aliphatic hydroxyl groups excluding tert-OH is 1. The summed E-state index contributed by atoms with van der Waals surface area (Å²) >= 11 is 0. The number of alkyl halides is 2. The molecule has 134 valence electrons. The summed E-state index contributed by atoms with van der Waals surface area (Å²) in [4.78, 5) is 14.2. The second-order valence-corrected chi connectivity index (χ2v) is 6.41. The minimum atomic E-state index is -2.83. The summed E-state index contributed by atoms with van der Waals surface area (Å²) in [6.45, 7) is 0.807. The minimum absolute atomic E-state index is 0.0304. The van der Waals surface area contributed by atoms with Crippen molar-refractivity contribution in [3.63, 3.8) is 0 Å². The Labute approximate surface area is 141 Å². The van der Waals surface area contributed by atoms with Crippen molar-refractivity contribution in [1.82, 2.24) is 4.90 Å². The van der Waals surface area contributed by atoms with Gasteiger partial charge in [0, 0.05) is 26.1 Å². The Morgan fingerprint density at radius 3 is 2.42 bits per heavy atom. The Morgan fingerprint density at radius 2 is 1.92 bits per heavy atom. The number of amides is 1. The standard InChI is InChI=1S/C18H25F2NO3/c1-2-18(13-22)9-11-21(12-10-18)16(23)8-5-14-3-6-15(7-4-14)24-17(19)20/h3-4,6-7,17,22H,2,5,8-13H2,1H3. The second kappa shape index (κ2) is 8.42. The highest BCUT2D eigenvalue weighted by molar-refractivity contribution is 5.76. The third-order valence-electron chi connectivity index (χ3n) is 5.04. The highest BCUT2D eigenvalue weighted by atomic mass is 19.3. The predicted molar refractivity (Wildman–Crippen MR) is 87.0 cm³/mol. The van der Waals surface area contributed by atoms with Gasteiger partial charge < -0.3 is 14.7 Å². The summed E-state index contributed by atoms with van der Waals surface area (Å²) in [5, 5.41) is 9.53. The molecule has 0 aliphatic carbocycles. The van der Waals surface area contributed by atoms with E-state index in [1.54, 1.807) is 12.1 Å². The lowest BCUT2D eigenvalue weighted by Crippen LogP contribution is -2.44. The minimum Gasteiger partial charge on any atom is -0.435 e. The molecule has 0 bridgehead atoms. The molecule has 6 heteroatoms. The van der Waals surface area contributed by atoms with Gasteiger partial charge in [-0.3, -0.25) is 4.79 Å². The van der Waals surface area contributed by atoms with Crippen molar-refractivity contribution in [2.45, 2.75) is 45.6 Å². The zero-order valence-electron chi connectivity index (χ0n) is 14.0. The fraction of sp³-hybridized carbons (Fsp3) is 0.611. The number of benzene rings is 1. The Morgan fingerprint density at radius 1 is 1.29 bits per heavy atom. The van der Waals surface area contributed by atoms with Gasteiger partial charge in [0.05, 0.1) is 0 Å². The molecule has 0 atom stereocenters. The number of ether oxygens (including phenoxy) is 1. The molecular weight excluding hydrogens is 316 g/mol. The molecule has 1 aromatic carbocycles. The number of halogens is 2. The number of hydrogen-bond donors (Lipinski definition) is 1. The van der Waals surface area contributed by atoms with Crippen LogP contribution in [0.3, 0.4) is 0 Å². The van der Waals surface area contributed by atoms with E-state index in [1.807, 2.05) is 4.90 Å². The Kier molecular flexibility index (Phi) is 6.54. The van der Waals surface area contributed by atoms with E-state index in [9.17, 15) is 18.7 Å². The van der Waals surface area contributed by atoms with Gasteiger partial charge in [-0.05, 0) is 48.8 Å². The number of aryl methyl sites for hydroxylation is 1. The summed E-state index contributed by atoms with van der Waals surface area (Å²) in [6.07, 6.45) is 3.58. The van der Waals surface area contributed by atoms with E-state index >= 15 is 0 Å². The molecule has 4 nitrogen and oxygen atoms in total. The molecule has 1 aromatic rings. The first-order valence-corrected chi connectivity index (χ1v) is 8.40. The van der Waals surface area contributed by atoms with E-state index in [0.717, 1.165) is 24.8 Å². The lowest BCUT2D eigenvalue weighted by Gasteiger charge is -2.40. The number of carbonyl (C=O) groups excluding carboxylic acids is 1. The molecule has 1 fully saturated rings. The molecule has 24 heavy (non-hydrogen) atoms. The molecule has 1 aliphatic heterocycles. The number of nitrogens with zero attached hydrogens (tertiary/aromatic N) is 1. The summed E-state index contributed by atoms with van der Waals surface area (Å²) in [5.41, 5.74) is 0.886. The third-order valence-corrected chi connectivity index (χ3v) is 5.04. The zero-order valence-corrected chi connectivity index (χ0v) is 14.0. The molecule has 1 amide bonds. The molecule has 2 rings (SSSR count). The second-order valence-electron chi connectivity index (χ2n) is 6.41. The van der Waals surface area contributed by atoms with E-state index in [0.29, 0.717) is 25.9 Å². The van der Waals surface area contributed by atoms with Crippen LogP contribution in [0.4, 0.5) is 8.78 Å². The normalized spacial score (nSPS) is 17.1. The average Bonchev–Trinajstić information content (AvgIpc) is 2.60. The SMILES string of the molecule is CCC1(CO)CCN(C(=O)CCc2ccc(OC(F)F)cc2)CC1. The van der Waals surface area contributed by atoms with Crippen LogP contribution in [0, 0.1) is 5.41 Å². The summed E-state index contributed by atoms with van der Waals surface area (Å²) in [6, 6.07) is 6.39. The monoisotopic (exact) mass is 341 g/mol. The van der Waals surface area contributed by atoms with Crippen LogP contribution >= 0.6 is 0 Å². The molecule has 1 saturated heterocycles. The van der Waals surface area contributed by atoms with Crippen LogP contribution in [0.15, 0.2) is 24.3 Å². The van der Waals surface area contributed by atoms with Gasteiger partial charge in [-0.1, -0.05) is 19.1 Å². The van der Waals surface area contributed by atoms with Crippen LogP contribution in [0.25, 0.3) is 0 Å².